The average molecular weight is 320 g/mol. The van der Waals surface area contributed by atoms with Crippen molar-refractivity contribution in [1.82, 2.24) is 19.7 Å². The molecule has 0 radical (unpaired) electrons. The summed E-state index contributed by atoms with van der Waals surface area (Å²) in [5.74, 6) is -1.19. The molecule has 0 aliphatic carbocycles. The molecule has 3 aromatic rings. The van der Waals surface area contributed by atoms with Crippen LogP contribution in [0.1, 0.15) is 0 Å². The molecule has 3 N–H and O–H groups in total. The number of halogens is 2. The number of rotatable bonds is 5. The predicted molar refractivity (Wildman–Crippen MR) is 81.5 cm³/mol. The molecule has 0 fully saturated rings. The standard InChI is InChI=1S/C14H14F2N6O/c1-22-13-9(7-18-22)12(20-14(21-13)17-4-5-23)19-8-2-3-10(15)11(16)6-8/h2-3,6-7,23H,4-5H2,1H3,(H2,17,19,20,21). The number of nitrogens with zero attached hydrogens (tertiary/aromatic N) is 4. The Balaban J connectivity index is 2.02. The third-order valence-electron chi connectivity index (χ3n) is 3.17. The van der Waals surface area contributed by atoms with Crippen LogP contribution in [0.2, 0.25) is 0 Å². The summed E-state index contributed by atoms with van der Waals surface area (Å²) in [6, 6.07) is 3.48. The maximum Gasteiger partial charge on any atom is 0.226 e. The molecule has 0 aliphatic heterocycles. The van der Waals surface area contributed by atoms with Crippen molar-refractivity contribution < 1.29 is 13.9 Å². The Morgan fingerprint density at radius 3 is 2.78 bits per heavy atom. The van der Waals surface area contributed by atoms with E-state index in [9.17, 15) is 8.78 Å². The maximum absolute atomic E-state index is 13.3. The normalized spacial score (nSPS) is 11.0. The van der Waals surface area contributed by atoms with E-state index >= 15 is 0 Å². The maximum atomic E-state index is 13.3. The van der Waals surface area contributed by atoms with Crippen LogP contribution in [0.25, 0.3) is 11.0 Å². The van der Waals surface area contributed by atoms with E-state index in [2.05, 4.69) is 25.7 Å². The van der Waals surface area contributed by atoms with Crippen LogP contribution in [-0.4, -0.2) is 38.0 Å². The molecule has 1 aromatic carbocycles. The lowest BCUT2D eigenvalue weighted by molar-refractivity contribution is 0.311. The van der Waals surface area contributed by atoms with Gasteiger partial charge in [0.15, 0.2) is 17.3 Å². The summed E-state index contributed by atoms with van der Waals surface area (Å²) in [6.07, 6.45) is 1.58. The molecule has 120 valence electrons. The van der Waals surface area contributed by atoms with E-state index in [1.165, 1.54) is 6.07 Å². The van der Waals surface area contributed by atoms with E-state index in [0.717, 1.165) is 12.1 Å². The second kappa shape index (κ2) is 6.13. The topological polar surface area (TPSA) is 87.9 Å². The zero-order chi connectivity index (χ0) is 16.4. The molecular weight excluding hydrogens is 306 g/mol. The fraction of sp³-hybridized carbons (Fsp3) is 0.214. The lowest BCUT2D eigenvalue weighted by atomic mass is 10.3. The summed E-state index contributed by atoms with van der Waals surface area (Å²) in [5.41, 5.74) is 0.909. The molecule has 0 aliphatic rings. The summed E-state index contributed by atoms with van der Waals surface area (Å²) in [6.45, 7) is 0.215. The van der Waals surface area contributed by atoms with Crippen molar-refractivity contribution in [3.8, 4) is 0 Å². The van der Waals surface area contributed by atoms with Crippen LogP contribution in [-0.2, 0) is 7.05 Å². The first kappa shape index (κ1) is 15.1. The molecule has 23 heavy (non-hydrogen) atoms. The highest BCUT2D eigenvalue weighted by Gasteiger charge is 2.12. The Kier molecular flexibility index (Phi) is 4.02. The minimum absolute atomic E-state index is 0.0707. The van der Waals surface area contributed by atoms with E-state index in [0.29, 0.717) is 28.5 Å². The van der Waals surface area contributed by atoms with E-state index in [1.807, 2.05) is 0 Å². The molecule has 7 nitrogen and oxygen atoms in total. The zero-order valence-electron chi connectivity index (χ0n) is 12.2. The van der Waals surface area contributed by atoms with E-state index in [4.69, 9.17) is 5.11 Å². The van der Waals surface area contributed by atoms with Gasteiger partial charge in [-0.2, -0.15) is 15.1 Å². The van der Waals surface area contributed by atoms with Gasteiger partial charge in [0.25, 0.3) is 0 Å². The Labute approximate surface area is 130 Å². The van der Waals surface area contributed by atoms with Gasteiger partial charge < -0.3 is 15.7 Å². The molecule has 0 spiro atoms. The van der Waals surface area contributed by atoms with Gasteiger partial charge >= 0.3 is 0 Å². The predicted octanol–water partition coefficient (Wildman–Crippen LogP) is 1.79. The number of fused-ring (bicyclic) bond motifs is 1. The van der Waals surface area contributed by atoms with Gasteiger partial charge in [-0.3, -0.25) is 4.68 Å². The first-order valence-corrected chi connectivity index (χ1v) is 6.85. The fourth-order valence-corrected chi connectivity index (χ4v) is 2.07. The molecule has 3 rings (SSSR count). The molecule has 0 saturated carbocycles. The zero-order valence-corrected chi connectivity index (χ0v) is 12.2. The molecule has 0 amide bonds. The number of aliphatic hydroxyl groups excluding tert-OH is 1. The van der Waals surface area contributed by atoms with Gasteiger partial charge in [-0.15, -0.1) is 0 Å². The lowest BCUT2D eigenvalue weighted by Gasteiger charge is -2.10. The van der Waals surface area contributed by atoms with Gasteiger partial charge in [-0.1, -0.05) is 0 Å². The van der Waals surface area contributed by atoms with Gasteiger partial charge in [0.05, 0.1) is 18.2 Å². The number of anilines is 3. The fourth-order valence-electron chi connectivity index (χ4n) is 2.07. The number of benzene rings is 1. The number of hydrogen-bond acceptors (Lipinski definition) is 6. The van der Waals surface area contributed by atoms with Crippen LogP contribution in [0.3, 0.4) is 0 Å². The van der Waals surface area contributed by atoms with Crippen LogP contribution >= 0.6 is 0 Å². The number of aromatic nitrogens is 4. The van der Waals surface area contributed by atoms with Crippen LogP contribution in [0, 0.1) is 11.6 Å². The molecule has 0 bridgehead atoms. The largest absolute Gasteiger partial charge is 0.395 e. The van der Waals surface area contributed by atoms with Crippen LogP contribution in [0.5, 0.6) is 0 Å². The molecular formula is C14H14F2N6O. The van der Waals surface area contributed by atoms with Crippen molar-refractivity contribution in [1.29, 1.82) is 0 Å². The number of aliphatic hydroxyl groups is 1. The summed E-state index contributed by atoms with van der Waals surface area (Å²) >= 11 is 0. The average Bonchev–Trinajstić information content (AvgIpc) is 2.91. The minimum Gasteiger partial charge on any atom is -0.395 e. The first-order valence-electron chi connectivity index (χ1n) is 6.85. The van der Waals surface area contributed by atoms with Gasteiger partial charge in [0, 0.05) is 25.3 Å². The van der Waals surface area contributed by atoms with Crippen LogP contribution in [0.15, 0.2) is 24.4 Å². The second-order valence-corrected chi connectivity index (χ2v) is 4.81. The van der Waals surface area contributed by atoms with Crippen molar-refractivity contribution in [2.45, 2.75) is 0 Å². The Hall–Kier alpha value is -2.81. The van der Waals surface area contributed by atoms with Crippen molar-refractivity contribution in [2.75, 3.05) is 23.8 Å². The number of nitrogens with one attached hydrogen (secondary N) is 2. The van der Waals surface area contributed by atoms with E-state index in [-0.39, 0.29) is 13.2 Å². The quantitative estimate of drug-likeness (QED) is 0.664. The van der Waals surface area contributed by atoms with E-state index < -0.39 is 11.6 Å². The SMILES string of the molecule is Cn1ncc2c(Nc3ccc(F)c(F)c3)nc(NCCO)nc21. The molecule has 0 unspecified atom stereocenters. The summed E-state index contributed by atoms with van der Waals surface area (Å²) in [7, 11) is 1.73. The highest BCUT2D eigenvalue weighted by Crippen LogP contribution is 2.25. The second-order valence-electron chi connectivity index (χ2n) is 4.81. The van der Waals surface area contributed by atoms with Gasteiger partial charge in [-0.25, -0.2) is 8.78 Å². The monoisotopic (exact) mass is 320 g/mol. The Bertz CT molecular complexity index is 851. The number of aryl methyl sites for hydroxylation is 1. The summed E-state index contributed by atoms with van der Waals surface area (Å²) in [4.78, 5) is 8.58. The first-order chi connectivity index (χ1) is 11.1. The Morgan fingerprint density at radius 1 is 1.22 bits per heavy atom. The minimum atomic E-state index is -0.954. The van der Waals surface area contributed by atoms with Crippen molar-refractivity contribution in [3.63, 3.8) is 0 Å². The van der Waals surface area contributed by atoms with E-state index in [1.54, 1.807) is 17.9 Å². The van der Waals surface area contributed by atoms with Gasteiger partial charge in [-0.05, 0) is 12.1 Å². The van der Waals surface area contributed by atoms with Gasteiger partial charge in [0.2, 0.25) is 5.95 Å². The number of hydrogen-bond donors (Lipinski definition) is 3. The smallest absolute Gasteiger partial charge is 0.226 e. The molecule has 0 saturated heterocycles. The van der Waals surface area contributed by atoms with Crippen LogP contribution < -0.4 is 10.6 Å². The third-order valence-corrected chi connectivity index (χ3v) is 3.17. The third kappa shape index (κ3) is 3.04. The lowest BCUT2D eigenvalue weighted by Crippen LogP contribution is -2.10. The molecule has 2 heterocycles. The Morgan fingerprint density at radius 2 is 2.04 bits per heavy atom. The van der Waals surface area contributed by atoms with Crippen molar-refractivity contribution in [3.05, 3.63) is 36.0 Å². The summed E-state index contributed by atoms with van der Waals surface area (Å²) < 4.78 is 27.9. The highest BCUT2D eigenvalue weighted by molar-refractivity contribution is 5.89. The van der Waals surface area contributed by atoms with Crippen LogP contribution in [0.4, 0.5) is 26.2 Å². The van der Waals surface area contributed by atoms with Crippen molar-refractivity contribution >= 4 is 28.5 Å². The highest BCUT2D eigenvalue weighted by atomic mass is 19.2. The van der Waals surface area contributed by atoms with Gasteiger partial charge in [0.1, 0.15) is 5.82 Å². The van der Waals surface area contributed by atoms with Crippen molar-refractivity contribution in [2.24, 2.45) is 7.05 Å². The summed E-state index contributed by atoms with van der Waals surface area (Å²) in [5, 5.41) is 19.4. The molecule has 0 atom stereocenters. The molecule has 9 heteroatoms. The molecule has 2 aromatic heterocycles.